The minimum atomic E-state index is -4.73. The maximum atomic E-state index is 12.1. The van der Waals surface area contributed by atoms with E-state index in [1.807, 2.05) is 55.2 Å². The Balaban J connectivity index is 1.45. The summed E-state index contributed by atoms with van der Waals surface area (Å²) < 4.78 is 78.0. The molecule has 1 aliphatic carbocycles. The highest BCUT2D eigenvalue weighted by molar-refractivity contribution is 7.86. The number of aryl methyl sites for hydroxylation is 1. The number of unbranched alkanes of at least 4 members (excludes halogenated alkanes) is 2. The molecule has 0 amide bonds. The predicted molar refractivity (Wildman–Crippen MR) is 234 cm³/mol. The molecule has 0 atom stereocenters. The standard InChI is InChI=1S/C47H56N2O9S2/c1-6-7-29-48-40-16-9-8-15-38(40)46(2,3)42(48)26-20-34-13-12-14-35(45(34)58-36-22-17-33(18-23-36)19-28-44(50)51)21-27-43-47(4,5)39-32-37(60(55,56)57)24-25-41(39)49(43)30-10-11-31-59(52,53)54/h8-9,15-18,20-27,32H,6-7,10-14,19,28-31H2,1-5H3,(H2-,50,51,52,53,54,55,56,57). The first-order valence-corrected chi connectivity index (χ1v) is 23.7. The Labute approximate surface area is 355 Å². The number of hydrogen-bond donors (Lipinski definition) is 2. The molecule has 0 spiro atoms. The third-order valence-corrected chi connectivity index (χ3v) is 13.5. The highest BCUT2D eigenvalue weighted by atomic mass is 32.2. The molecule has 0 aromatic heterocycles. The number of para-hydroxylation sites is 1. The number of hydrogen-bond acceptors (Lipinski definition) is 8. The highest BCUT2D eigenvalue weighted by Crippen LogP contribution is 2.49. The van der Waals surface area contributed by atoms with Crippen molar-refractivity contribution in [1.82, 2.24) is 0 Å². The molecule has 320 valence electrons. The van der Waals surface area contributed by atoms with Gasteiger partial charge in [-0.1, -0.05) is 63.6 Å². The van der Waals surface area contributed by atoms with E-state index in [0.29, 0.717) is 37.1 Å². The van der Waals surface area contributed by atoms with Crippen molar-refractivity contribution in [3.8, 4) is 5.75 Å². The van der Waals surface area contributed by atoms with Crippen LogP contribution in [0.4, 0.5) is 11.4 Å². The lowest BCUT2D eigenvalue weighted by molar-refractivity contribution is -0.438. The van der Waals surface area contributed by atoms with Crippen molar-refractivity contribution in [1.29, 1.82) is 0 Å². The van der Waals surface area contributed by atoms with Gasteiger partial charge in [0.05, 0.1) is 16.1 Å². The molecule has 13 heteroatoms. The Kier molecular flexibility index (Phi) is 13.4. The maximum absolute atomic E-state index is 12.1. The molecule has 11 nitrogen and oxygen atoms in total. The minimum absolute atomic E-state index is 0.0297. The van der Waals surface area contributed by atoms with Crippen LogP contribution < -0.4 is 9.64 Å². The normalized spacial score (nSPS) is 18.8. The van der Waals surface area contributed by atoms with Crippen LogP contribution in [0.1, 0.15) is 103 Å². The van der Waals surface area contributed by atoms with Gasteiger partial charge in [0, 0.05) is 53.9 Å². The summed E-state index contributed by atoms with van der Waals surface area (Å²) in [6, 6.07) is 20.4. The topological polar surface area (TPSA) is 164 Å². The second-order valence-corrected chi connectivity index (χ2v) is 19.8. The van der Waals surface area contributed by atoms with Crippen molar-refractivity contribution in [2.75, 3.05) is 23.7 Å². The van der Waals surface area contributed by atoms with Gasteiger partial charge >= 0.3 is 5.97 Å². The summed E-state index contributed by atoms with van der Waals surface area (Å²) in [7, 11) is -8.87. The van der Waals surface area contributed by atoms with Crippen molar-refractivity contribution < 1.29 is 45.2 Å². The molecule has 3 aromatic rings. The lowest BCUT2D eigenvalue weighted by Crippen LogP contribution is -2.28. The first kappa shape index (κ1) is 44.7. The van der Waals surface area contributed by atoms with Crippen molar-refractivity contribution in [2.45, 2.75) is 108 Å². The van der Waals surface area contributed by atoms with E-state index in [0.717, 1.165) is 66.1 Å². The van der Waals surface area contributed by atoms with Gasteiger partial charge in [0.25, 0.3) is 10.1 Å². The highest BCUT2D eigenvalue weighted by Gasteiger charge is 2.44. The molecule has 60 heavy (non-hydrogen) atoms. The van der Waals surface area contributed by atoms with Gasteiger partial charge < -0.3 is 19.3 Å². The second kappa shape index (κ2) is 18.0. The molecule has 0 saturated heterocycles. The summed E-state index contributed by atoms with van der Waals surface area (Å²) in [6.07, 6.45) is 14.0. The fourth-order valence-electron chi connectivity index (χ4n) is 8.61. The molecule has 6 rings (SSSR count). The van der Waals surface area contributed by atoms with E-state index in [2.05, 4.69) is 61.8 Å². The quantitative estimate of drug-likeness (QED) is 0.0760. The number of fused-ring (bicyclic) bond motifs is 2. The molecule has 0 unspecified atom stereocenters. The van der Waals surface area contributed by atoms with Crippen molar-refractivity contribution in [2.24, 2.45) is 0 Å². The zero-order valence-electron chi connectivity index (χ0n) is 35.1. The third-order valence-electron chi connectivity index (χ3n) is 11.9. The Bertz CT molecular complexity index is 2510. The summed E-state index contributed by atoms with van der Waals surface area (Å²) in [4.78, 5) is 12.9. The summed E-state index contributed by atoms with van der Waals surface area (Å²) in [6.45, 7) is 11.9. The van der Waals surface area contributed by atoms with Crippen LogP contribution in [0.2, 0.25) is 0 Å². The average Bonchev–Trinajstić information content (AvgIpc) is 3.54. The molecule has 3 aliphatic rings. The fraction of sp³-hybridized carbons (Fsp3) is 0.404. The van der Waals surface area contributed by atoms with Gasteiger partial charge in [-0.3, -0.25) is 9.35 Å². The number of anilines is 1. The lowest BCUT2D eigenvalue weighted by atomic mass is 9.81. The summed E-state index contributed by atoms with van der Waals surface area (Å²) in [5.41, 5.74) is 7.81. The molecule has 0 bridgehead atoms. The van der Waals surface area contributed by atoms with Crippen molar-refractivity contribution in [3.05, 3.63) is 130 Å². The van der Waals surface area contributed by atoms with E-state index in [4.69, 9.17) is 4.74 Å². The monoisotopic (exact) mass is 856 g/mol. The number of nitrogens with zero attached hydrogens (tertiary/aromatic N) is 2. The van der Waals surface area contributed by atoms with Gasteiger partial charge in [0.15, 0.2) is 5.71 Å². The van der Waals surface area contributed by atoms with E-state index >= 15 is 0 Å². The van der Waals surface area contributed by atoms with E-state index in [1.54, 1.807) is 6.07 Å². The van der Waals surface area contributed by atoms with Crippen LogP contribution in [0.25, 0.3) is 0 Å². The summed E-state index contributed by atoms with van der Waals surface area (Å²) >= 11 is 0. The van der Waals surface area contributed by atoms with Crippen LogP contribution in [-0.4, -0.2) is 66.1 Å². The predicted octanol–water partition coefficient (Wildman–Crippen LogP) is 9.13. The first-order chi connectivity index (χ1) is 28.3. The number of allylic oxidation sites excluding steroid dienone is 7. The molecule has 0 fully saturated rings. The zero-order chi connectivity index (χ0) is 43.5. The SMILES string of the molecule is CCCC[N+]1=C(/C=C/C2=C(Oc3ccc(CCC(=O)O)cc3)C(=C/C=C3/N(CCCCS(=O)(=O)O)c4ccc(S(=O)(=O)[O-])cc4C3(C)C)/CCC2)C(C)(C)c2ccccc21. The van der Waals surface area contributed by atoms with E-state index in [9.17, 15) is 35.8 Å². The second-order valence-electron chi connectivity index (χ2n) is 16.9. The van der Waals surface area contributed by atoms with Gasteiger partial charge in [0.1, 0.15) is 28.2 Å². The van der Waals surface area contributed by atoms with E-state index in [1.165, 1.54) is 29.1 Å². The van der Waals surface area contributed by atoms with Crippen molar-refractivity contribution in [3.63, 3.8) is 0 Å². The molecule has 2 aliphatic heterocycles. The first-order valence-electron chi connectivity index (χ1n) is 20.7. The van der Waals surface area contributed by atoms with Gasteiger partial charge in [0.2, 0.25) is 5.69 Å². The van der Waals surface area contributed by atoms with Gasteiger partial charge in [-0.05, 0) is 117 Å². The zero-order valence-corrected chi connectivity index (χ0v) is 36.7. The number of rotatable bonds is 17. The van der Waals surface area contributed by atoms with Crippen LogP contribution in [0.5, 0.6) is 5.75 Å². The van der Waals surface area contributed by atoms with E-state index < -0.39 is 31.6 Å². The largest absolute Gasteiger partial charge is 0.744 e. The average molecular weight is 857 g/mol. The Morgan fingerprint density at radius 1 is 0.900 bits per heavy atom. The number of carboxylic acid groups (broad SMARTS) is 1. The molecule has 2 N–H and O–H groups in total. The number of carboxylic acids is 1. The Hall–Kier alpha value is -4.82. The fourth-order valence-corrected chi connectivity index (χ4v) is 9.67. The van der Waals surface area contributed by atoms with Gasteiger partial charge in [-0.15, -0.1) is 0 Å². The number of carbonyl (C=O) groups is 1. The van der Waals surface area contributed by atoms with Gasteiger partial charge in [-0.2, -0.15) is 13.0 Å². The van der Waals surface area contributed by atoms with Gasteiger partial charge in [-0.25, -0.2) is 8.42 Å². The molecular weight excluding hydrogens is 801 g/mol. The number of aliphatic carboxylic acids is 1. The van der Waals surface area contributed by atoms with Crippen LogP contribution in [-0.2, 0) is 42.3 Å². The molecular formula is C47H56N2O9S2. The minimum Gasteiger partial charge on any atom is -0.744 e. The molecule has 0 saturated carbocycles. The Morgan fingerprint density at radius 2 is 1.63 bits per heavy atom. The summed E-state index contributed by atoms with van der Waals surface area (Å²) in [5, 5.41) is 9.21. The van der Waals surface area contributed by atoms with E-state index in [-0.39, 0.29) is 28.9 Å². The maximum Gasteiger partial charge on any atom is 0.303 e. The number of benzene rings is 3. The summed E-state index contributed by atoms with van der Waals surface area (Å²) in [5.74, 6) is 0.0918. The van der Waals surface area contributed by atoms with Crippen molar-refractivity contribution >= 4 is 43.3 Å². The molecule has 3 aromatic carbocycles. The van der Waals surface area contributed by atoms with Crippen LogP contribution >= 0.6 is 0 Å². The smallest absolute Gasteiger partial charge is 0.303 e. The number of ether oxygens (including phenoxy) is 1. The third kappa shape index (κ3) is 10.0. The molecule has 2 heterocycles. The lowest BCUT2D eigenvalue weighted by Gasteiger charge is -2.27. The molecule has 0 radical (unpaired) electrons. The van der Waals surface area contributed by atoms with Crippen LogP contribution in [0.15, 0.2) is 119 Å². The van der Waals surface area contributed by atoms with Crippen LogP contribution in [0.3, 0.4) is 0 Å². The van der Waals surface area contributed by atoms with Crippen LogP contribution in [0, 0.1) is 0 Å². The Morgan fingerprint density at radius 3 is 2.32 bits per heavy atom.